The molecule has 1 saturated heterocycles. The van der Waals surface area contributed by atoms with Crippen molar-refractivity contribution in [3.8, 4) is 0 Å². The summed E-state index contributed by atoms with van der Waals surface area (Å²) in [4.78, 5) is 26.5. The van der Waals surface area contributed by atoms with Crippen molar-refractivity contribution >= 4 is 17.3 Å². The fraction of sp³-hybridized carbons (Fsp3) is 0.533. The average Bonchev–Trinajstić information content (AvgIpc) is 2.53. The molecule has 1 unspecified atom stereocenters. The van der Waals surface area contributed by atoms with Crippen LogP contribution < -0.4 is 10.6 Å². The largest absolute Gasteiger partial charge is 0.368 e. The summed E-state index contributed by atoms with van der Waals surface area (Å²) in [5.41, 5.74) is 6.81. The molecule has 1 fully saturated rings. The van der Waals surface area contributed by atoms with E-state index in [1.54, 1.807) is 17.0 Å². The molecule has 2 rings (SSSR count). The third-order valence-corrected chi connectivity index (χ3v) is 4.00. The smallest absolute Gasteiger partial charge is 0.271 e. The first-order chi connectivity index (χ1) is 10.4. The topological polar surface area (TPSA) is 92.7 Å². The maximum absolute atomic E-state index is 12.2. The van der Waals surface area contributed by atoms with E-state index in [9.17, 15) is 14.9 Å². The zero-order chi connectivity index (χ0) is 16.3. The molecule has 1 aliphatic rings. The fourth-order valence-electron chi connectivity index (χ4n) is 2.48. The summed E-state index contributed by atoms with van der Waals surface area (Å²) in [5.74, 6) is 0.0935. The number of carbonyl (C=O) groups is 1. The lowest BCUT2D eigenvalue weighted by atomic mass is 10.0. The summed E-state index contributed by atoms with van der Waals surface area (Å²) in [6.07, 6.45) is 0. The molecule has 0 spiro atoms. The Morgan fingerprint density at radius 2 is 1.91 bits per heavy atom. The first-order valence-corrected chi connectivity index (χ1v) is 7.44. The Morgan fingerprint density at radius 3 is 2.45 bits per heavy atom. The van der Waals surface area contributed by atoms with Gasteiger partial charge < -0.3 is 15.5 Å². The lowest BCUT2D eigenvalue weighted by molar-refractivity contribution is -0.384. The van der Waals surface area contributed by atoms with Gasteiger partial charge in [0.05, 0.1) is 11.0 Å². The number of piperazine rings is 1. The number of benzene rings is 1. The van der Waals surface area contributed by atoms with Crippen LogP contribution in [0.15, 0.2) is 24.3 Å². The van der Waals surface area contributed by atoms with Crippen molar-refractivity contribution in [3.05, 3.63) is 34.4 Å². The third-order valence-electron chi connectivity index (χ3n) is 4.00. The molecule has 1 heterocycles. The molecular weight excluding hydrogens is 284 g/mol. The average molecular weight is 306 g/mol. The van der Waals surface area contributed by atoms with Gasteiger partial charge in [0.1, 0.15) is 0 Å². The molecule has 0 aromatic heterocycles. The van der Waals surface area contributed by atoms with Crippen LogP contribution >= 0.6 is 0 Å². The predicted molar refractivity (Wildman–Crippen MR) is 84.7 cm³/mol. The second-order valence-corrected chi connectivity index (χ2v) is 5.86. The Morgan fingerprint density at radius 1 is 1.27 bits per heavy atom. The number of nitro groups is 1. The summed E-state index contributed by atoms with van der Waals surface area (Å²) in [7, 11) is 0. The normalized spacial score (nSPS) is 16.7. The van der Waals surface area contributed by atoms with E-state index in [0.29, 0.717) is 26.2 Å². The molecule has 0 saturated carbocycles. The van der Waals surface area contributed by atoms with Crippen LogP contribution in [-0.2, 0) is 4.79 Å². The number of hydrogen-bond acceptors (Lipinski definition) is 5. The first-order valence-electron chi connectivity index (χ1n) is 7.44. The molecule has 120 valence electrons. The lowest BCUT2D eigenvalue weighted by Gasteiger charge is -2.37. The molecule has 1 atom stereocenters. The van der Waals surface area contributed by atoms with E-state index in [-0.39, 0.29) is 17.5 Å². The standard InChI is InChI=1S/C15H22N4O3/c1-11(2)14(16)15(20)18-8-6-17(7-9-18)12-4-3-5-13(10-12)19(21)22/h3-5,10-11,14H,6-9,16H2,1-2H3. The Balaban J connectivity index is 1.99. The molecule has 1 aromatic rings. The number of nitrogens with zero attached hydrogens (tertiary/aromatic N) is 3. The molecule has 1 aromatic carbocycles. The van der Waals surface area contributed by atoms with Gasteiger partial charge in [0, 0.05) is 44.0 Å². The van der Waals surface area contributed by atoms with Crippen molar-refractivity contribution in [1.29, 1.82) is 0 Å². The van der Waals surface area contributed by atoms with Gasteiger partial charge in [0.2, 0.25) is 5.91 Å². The highest BCUT2D eigenvalue weighted by atomic mass is 16.6. The highest BCUT2D eigenvalue weighted by molar-refractivity contribution is 5.82. The van der Waals surface area contributed by atoms with Gasteiger partial charge in [0.15, 0.2) is 0 Å². The minimum atomic E-state index is -0.468. The van der Waals surface area contributed by atoms with Gasteiger partial charge in [-0.15, -0.1) is 0 Å². The molecule has 22 heavy (non-hydrogen) atoms. The maximum Gasteiger partial charge on any atom is 0.271 e. The zero-order valence-corrected chi connectivity index (χ0v) is 12.9. The minimum absolute atomic E-state index is 0.0197. The second-order valence-electron chi connectivity index (χ2n) is 5.86. The number of anilines is 1. The van der Waals surface area contributed by atoms with Crippen LogP contribution in [0.2, 0.25) is 0 Å². The highest BCUT2D eigenvalue weighted by Gasteiger charge is 2.27. The molecule has 1 aliphatic heterocycles. The molecule has 1 amide bonds. The van der Waals surface area contributed by atoms with E-state index >= 15 is 0 Å². The van der Waals surface area contributed by atoms with Crippen molar-refractivity contribution in [1.82, 2.24) is 4.90 Å². The van der Waals surface area contributed by atoms with Gasteiger partial charge in [-0.2, -0.15) is 0 Å². The second kappa shape index (κ2) is 6.74. The van der Waals surface area contributed by atoms with Crippen LogP contribution in [0.25, 0.3) is 0 Å². The van der Waals surface area contributed by atoms with Crippen LogP contribution in [0, 0.1) is 16.0 Å². The van der Waals surface area contributed by atoms with Gasteiger partial charge in [-0.1, -0.05) is 19.9 Å². The quantitative estimate of drug-likeness (QED) is 0.667. The van der Waals surface area contributed by atoms with E-state index in [1.807, 2.05) is 19.9 Å². The SMILES string of the molecule is CC(C)C(N)C(=O)N1CCN(c2cccc([N+](=O)[O-])c2)CC1. The first kappa shape index (κ1) is 16.2. The number of rotatable bonds is 4. The van der Waals surface area contributed by atoms with Crippen LogP contribution in [0.3, 0.4) is 0 Å². The maximum atomic E-state index is 12.2. The van der Waals surface area contributed by atoms with Crippen molar-refractivity contribution < 1.29 is 9.72 Å². The van der Waals surface area contributed by atoms with Gasteiger partial charge in [0.25, 0.3) is 5.69 Å². The predicted octanol–water partition coefficient (Wildman–Crippen LogP) is 1.23. The minimum Gasteiger partial charge on any atom is -0.368 e. The Kier molecular flexibility index (Phi) is 4.97. The molecule has 0 aliphatic carbocycles. The monoisotopic (exact) mass is 306 g/mol. The van der Waals surface area contributed by atoms with Gasteiger partial charge in [-0.3, -0.25) is 14.9 Å². The summed E-state index contributed by atoms with van der Waals surface area (Å²) in [6.45, 7) is 6.34. The van der Waals surface area contributed by atoms with Crippen molar-refractivity contribution in [2.24, 2.45) is 11.7 Å². The van der Waals surface area contributed by atoms with Crippen LogP contribution in [0.5, 0.6) is 0 Å². The van der Waals surface area contributed by atoms with Crippen LogP contribution in [-0.4, -0.2) is 48.0 Å². The molecule has 0 radical (unpaired) electrons. The summed E-state index contributed by atoms with van der Waals surface area (Å²) < 4.78 is 0. The third kappa shape index (κ3) is 3.54. The molecule has 7 heteroatoms. The number of amides is 1. The Bertz CT molecular complexity index is 553. The van der Waals surface area contributed by atoms with Gasteiger partial charge >= 0.3 is 0 Å². The summed E-state index contributed by atoms with van der Waals surface area (Å²) in [5, 5.41) is 10.8. The van der Waals surface area contributed by atoms with Gasteiger partial charge in [-0.05, 0) is 12.0 Å². The molecule has 2 N–H and O–H groups in total. The molecule has 7 nitrogen and oxygen atoms in total. The number of nitrogens with two attached hydrogens (primary N) is 1. The summed E-state index contributed by atoms with van der Waals surface area (Å²) in [6, 6.07) is 6.11. The van der Waals surface area contributed by atoms with E-state index in [4.69, 9.17) is 5.73 Å². The van der Waals surface area contributed by atoms with Crippen molar-refractivity contribution in [2.75, 3.05) is 31.1 Å². The van der Waals surface area contributed by atoms with E-state index in [2.05, 4.69) is 4.90 Å². The van der Waals surface area contributed by atoms with Crippen LogP contribution in [0.4, 0.5) is 11.4 Å². The number of nitro benzene ring substituents is 1. The van der Waals surface area contributed by atoms with Crippen LogP contribution in [0.1, 0.15) is 13.8 Å². The fourth-order valence-corrected chi connectivity index (χ4v) is 2.48. The molecular formula is C15H22N4O3. The van der Waals surface area contributed by atoms with Gasteiger partial charge in [-0.25, -0.2) is 0 Å². The molecule has 0 bridgehead atoms. The number of carbonyl (C=O) groups excluding carboxylic acids is 1. The lowest BCUT2D eigenvalue weighted by Crippen LogP contribution is -2.54. The van der Waals surface area contributed by atoms with E-state index in [0.717, 1.165) is 5.69 Å². The number of hydrogen-bond donors (Lipinski definition) is 1. The highest BCUT2D eigenvalue weighted by Crippen LogP contribution is 2.22. The van der Waals surface area contributed by atoms with Crippen molar-refractivity contribution in [3.63, 3.8) is 0 Å². The zero-order valence-electron chi connectivity index (χ0n) is 12.9. The van der Waals surface area contributed by atoms with E-state index < -0.39 is 11.0 Å². The van der Waals surface area contributed by atoms with E-state index in [1.165, 1.54) is 6.07 Å². The summed E-state index contributed by atoms with van der Waals surface area (Å²) >= 11 is 0. The Hall–Kier alpha value is -2.15. The number of non-ortho nitro benzene ring substituents is 1. The van der Waals surface area contributed by atoms with Crippen molar-refractivity contribution in [2.45, 2.75) is 19.9 Å². The Labute approximate surface area is 129 Å².